The molecule has 0 aliphatic carbocycles. The van der Waals surface area contributed by atoms with Crippen LogP contribution in [0.2, 0.25) is 5.02 Å². The van der Waals surface area contributed by atoms with Gasteiger partial charge in [0.2, 0.25) is 11.8 Å². The molecule has 0 amide bonds. The lowest BCUT2D eigenvalue weighted by atomic mass is 9.98. The zero-order chi connectivity index (χ0) is 21.0. The van der Waals surface area contributed by atoms with Gasteiger partial charge in [0.15, 0.2) is 11.0 Å². The number of nitrogens with one attached hydrogen (secondary N) is 2. The molecule has 0 radical (unpaired) electrons. The number of anilines is 1. The summed E-state index contributed by atoms with van der Waals surface area (Å²) in [6.07, 6.45) is 3.36. The van der Waals surface area contributed by atoms with E-state index < -0.39 is 11.0 Å². The number of aromatic nitrogens is 3. The maximum absolute atomic E-state index is 13.0. The summed E-state index contributed by atoms with van der Waals surface area (Å²) in [4.78, 5) is 12.6. The van der Waals surface area contributed by atoms with Gasteiger partial charge in [0, 0.05) is 41.8 Å². The van der Waals surface area contributed by atoms with Crippen molar-refractivity contribution in [2.45, 2.75) is 30.6 Å². The molecule has 7 nitrogen and oxygen atoms in total. The lowest BCUT2D eigenvalue weighted by Crippen LogP contribution is -2.13. The van der Waals surface area contributed by atoms with E-state index in [0.29, 0.717) is 26.9 Å². The molecule has 2 unspecified atom stereocenters. The van der Waals surface area contributed by atoms with Crippen molar-refractivity contribution in [3.8, 4) is 5.88 Å². The van der Waals surface area contributed by atoms with Gasteiger partial charge < -0.3 is 14.5 Å². The van der Waals surface area contributed by atoms with Crippen molar-refractivity contribution < 1.29 is 13.7 Å². The number of halogens is 2. The second-order valence-electron chi connectivity index (χ2n) is 6.36. The second kappa shape index (κ2) is 9.88. The molecule has 2 heterocycles. The van der Waals surface area contributed by atoms with E-state index >= 15 is 0 Å². The fourth-order valence-electron chi connectivity index (χ4n) is 3.05. The summed E-state index contributed by atoms with van der Waals surface area (Å²) in [6.45, 7) is 2.70. The number of hydrogen-bond acceptors (Lipinski definition) is 5. The predicted octanol–water partition coefficient (Wildman–Crippen LogP) is 5.05. The van der Waals surface area contributed by atoms with E-state index in [1.165, 1.54) is 7.11 Å². The number of ether oxygens (including phenoxy) is 2. The predicted molar refractivity (Wildman–Crippen MR) is 119 cm³/mol. The van der Waals surface area contributed by atoms with Crippen LogP contribution < -0.4 is 9.46 Å². The van der Waals surface area contributed by atoms with Gasteiger partial charge in [-0.05, 0) is 40.9 Å². The molecule has 0 aliphatic rings. The van der Waals surface area contributed by atoms with Crippen LogP contribution in [0.5, 0.6) is 5.88 Å². The van der Waals surface area contributed by atoms with Crippen molar-refractivity contribution in [2.75, 3.05) is 25.5 Å². The van der Waals surface area contributed by atoms with Gasteiger partial charge >= 0.3 is 0 Å². The van der Waals surface area contributed by atoms with Crippen LogP contribution >= 0.6 is 27.5 Å². The molecule has 3 rings (SSSR count). The Bertz CT molecular complexity index is 1030. The molecule has 0 bridgehead atoms. The Hall–Kier alpha value is -1.68. The summed E-state index contributed by atoms with van der Waals surface area (Å²) >= 11 is 9.56. The van der Waals surface area contributed by atoms with Crippen LogP contribution in [0, 0.1) is 0 Å². The summed E-state index contributed by atoms with van der Waals surface area (Å²) in [6, 6.07) is 5.38. The van der Waals surface area contributed by atoms with Crippen LogP contribution in [-0.4, -0.2) is 40.0 Å². The average Bonchev–Trinajstić information content (AvgIpc) is 3.13. The van der Waals surface area contributed by atoms with E-state index in [1.807, 2.05) is 6.07 Å². The van der Waals surface area contributed by atoms with Gasteiger partial charge in [-0.1, -0.05) is 24.6 Å². The SMILES string of the molecule is CCC(CCOC)c1nc(NS(=O)c2c[nH]c3cc(Cl)ccc23)nc(OC)c1Br. The number of benzene rings is 1. The number of hydrogen-bond donors (Lipinski definition) is 2. The molecule has 2 atom stereocenters. The third-order valence-corrected chi connectivity index (χ3v) is 6.67. The van der Waals surface area contributed by atoms with E-state index in [4.69, 9.17) is 21.1 Å². The maximum atomic E-state index is 13.0. The maximum Gasteiger partial charge on any atom is 0.238 e. The second-order valence-corrected chi connectivity index (χ2v) is 8.77. The lowest BCUT2D eigenvalue weighted by molar-refractivity contribution is 0.186. The van der Waals surface area contributed by atoms with Crippen molar-refractivity contribution in [3.05, 3.63) is 39.6 Å². The van der Waals surface area contributed by atoms with Crippen LogP contribution in [0.3, 0.4) is 0 Å². The Labute approximate surface area is 185 Å². The Morgan fingerprint density at radius 3 is 2.83 bits per heavy atom. The summed E-state index contributed by atoms with van der Waals surface area (Å²) < 4.78 is 27.2. The monoisotopic (exact) mass is 500 g/mol. The Balaban J connectivity index is 1.93. The van der Waals surface area contributed by atoms with Crippen LogP contribution in [0.25, 0.3) is 10.9 Å². The summed E-state index contributed by atoms with van der Waals surface area (Å²) in [7, 11) is 1.64. The number of rotatable bonds is 9. The van der Waals surface area contributed by atoms with Crippen molar-refractivity contribution in [3.63, 3.8) is 0 Å². The van der Waals surface area contributed by atoms with E-state index in [9.17, 15) is 4.21 Å². The fourth-order valence-corrected chi connectivity index (χ4v) is 4.80. The highest BCUT2D eigenvalue weighted by Crippen LogP contribution is 2.35. The zero-order valence-corrected chi connectivity index (χ0v) is 19.4. The standard InChI is InChI=1S/C19H22BrClN4O3S/c1-4-11(7-8-27-2)17-16(20)18(28-3)24-19(23-17)25-29(26)15-10-22-14-9-12(21)5-6-13(14)15/h5-6,9-11,22H,4,7-8H2,1-3H3,(H,23,24,25). The minimum absolute atomic E-state index is 0.144. The number of aromatic amines is 1. The van der Waals surface area contributed by atoms with E-state index in [-0.39, 0.29) is 11.9 Å². The van der Waals surface area contributed by atoms with Gasteiger partial charge in [-0.3, -0.25) is 4.72 Å². The average molecular weight is 502 g/mol. The molecular formula is C19H22BrClN4O3S. The van der Waals surface area contributed by atoms with Crippen molar-refractivity contribution >= 4 is 55.4 Å². The topological polar surface area (TPSA) is 89.1 Å². The van der Waals surface area contributed by atoms with Crippen LogP contribution in [0.4, 0.5) is 5.95 Å². The van der Waals surface area contributed by atoms with Gasteiger partial charge in [0.1, 0.15) is 4.47 Å². The number of H-pyrrole nitrogens is 1. The molecule has 0 saturated heterocycles. The zero-order valence-electron chi connectivity index (χ0n) is 16.3. The molecule has 1 aromatic carbocycles. The van der Waals surface area contributed by atoms with Crippen molar-refractivity contribution in [1.29, 1.82) is 0 Å². The minimum atomic E-state index is -1.58. The first-order valence-corrected chi connectivity index (χ1v) is 11.4. The third kappa shape index (κ3) is 4.91. The van der Waals surface area contributed by atoms with Crippen molar-refractivity contribution in [2.24, 2.45) is 0 Å². The van der Waals surface area contributed by atoms with Gasteiger partial charge in [-0.25, -0.2) is 9.19 Å². The number of fused-ring (bicyclic) bond motifs is 1. The highest BCUT2D eigenvalue weighted by atomic mass is 79.9. The normalized spacial score (nSPS) is 13.4. The Morgan fingerprint density at radius 1 is 1.34 bits per heavy atom. The Kier molecular flexibility index (Phi) is 7.50. The van der Waals surface area contributed by atoms with Crippen LogP contribution in [0.15, 0.2) is 33.8 Å². The molecule has 3 aromatic rings. The van der Waals surface area contributed by atoms with Gasteiger partial charge in [-0.2, -0.15) is 4.98 Å². The number of nitrogens with zero attached hydrogens (tertiary/aromatic N) is 2. The van der Waals surface area contributed by atoms with E-state index in [0.717, 1.165) is 29.4 Å². The van der Waals surface area contributed by atoms with Gasteiger partial charge in [0.25, 0.3) is 0 Å². The van der Waals surface area contributed by atoms with Crippen LogP contribution in [0.1, 0.15) is 31.4 Å². The van der Waals surface area contributed by atoms with Gasteiger partial charge in [-0.15, -0.1) is 0 Å². The quantitative estimate of drug-likeness (QED) is 0.428. The van der Waals surface area contributed by atoms with Crippen molar-refractivity contribution in [1.82, 2.24) is 15.0 Å². The fraction of sp³-hybridized carbons (Fsp3) is 0.368. The lowest BCUT2D eigenvalue weighted by Gasteiger charge is -2.18. The first-order chi connectivity index (χ1) is 14.0. The minimum Gasteiger partial charge on any atom is -0.480 e. The highest BCUT2D eigenvalue weighted by molar-refractivity contribution is 9.10. The largest absolute Gasteiger partial charge is 0.480 e. The summed E-state index contributed by atoms with van der Waals surface area (Å²) in [5.41, 5.74) is 1.60. The molecule has 0 fully saturated rings. The van der Waals surface area contributed by atoms with E-state index in [1.54, 1.807) is 25.4 Å². The molecule has 0 aliphatic heterocycles. The first kappa shape index (κ1) is 22.0. The first-order valence-electron chi connectivity index (χ1n) is 9.03. The molecule has 10 heteroatoms. The summed E-state index contributed by atoms with van der Waals surface area (Å²) in [5, 5.41) is 1.42. The molecule has 2 N–H and O–H groups in total. The van der Waals surface area contributed by atoms with Gasteiger partial charge in [0.05, 0.1) is 17.7 Å². The number of methoxy groups -OCH3 is 2. The highest BCUT2D eigenvalue weighted by Gasteiger charge is 2.21. The third-order valence-electron chi connectivity index (χ3n) is 4.58. The van der Waals surface area contributed by atoms with E-state index in [2.05, 4.69) is 42.5 Å². The molecule has 0 spiro atoms. The van der Waals surface area contributed by atoms with Crippen LogP contribution in [-0.2, 0) is 15.7 Å². The Morgan fingerprint density at radius 2 is 2.14 bits per heavy atom. The molecule has 29 heavy (non-hydrogen) atoms. The molecule has 156 valence electrons. The smallest absolute Gasteiger partial charge is 0.238 e. The molecule has 2 aromatic heterocycles. The molecular weight excluding hydrogens is 480 g/mol. The molecule has 0 saturated carbocycles. The summed E-state index contributed by atoms with van der Waals surface area (Å²) in [5.74, 6) is 0.763.